The third kappa shape index (κ3) is 33.5. The second-order valence-electron chi connectivity index (χ2n) is 12.7. The number of carboxylic acids is 2. The Bertz CT molecular complexity index is 1480. The number of hydrogen-bond acceptors (Lipinski definition) is 6. The van der Waals surface area contributed by atoms with Crippen molar-refractivity contribution in [1.82, 2.24) is 9.13 Å². The Kier molecular flexibility index (Phi) is 32.0. The molecule has 58 heavy (non-hydrogen) atoms. The van der Waals surface area contributed by atoms with E-state index in [9.17, 15) is 65.7 Å². The standard InChI is InChI=1S/2C15H26N2O2.C2F6NO4S2.BF3.FH/c2*1-16-12-13-17(14-16)11-9-7-5-3-2-4-6-8-10-15(18)19;3-1(4,5)14(10,11)9-15(12,13)2(6,7)8;2-1(3)4;/h2*12-14H,2-11H2,1H3;;;1H/q;;-1;;/p+1. The molecular weight excluding hydrogens is 847 g/mol. The Morgan fingerprint density at radius 2 is 0.810 bits per heavy atom. The Morgan fingerprint density at radius 1 is 0.569 bits per heavy atom. The highest BCUT2D eigenvalue weighted by atomic mass is 32.3. The van der Waals surface area contributed by atoms with Gasteiger partial charge in [-0.25, -0.2) is 35.1 Å². The summed E-state index contributed by atoms with van der Waals surface area (Å²) in [5, 5.41) is 17.0. The van der Waals surface area contributed by atoms with Crippen LogP contribution < -0.4 is 13.8 Å². The molecule has 0 aliphatic rings. The average Bonchev–Trinajstić information content (AvgIpc) is 3.68. The van der Waals surface area contributed by atoms with Crippen molar-refractivity contribution in [1.29, 1.82) is 0 Å². The first-order chi connectivity index (χ1) is 26.3. The lowest BCUT2D eigenvalue weighted by molar-refractivity contribution is -0.671. The minimum atomic E-state index is -6.72. The Morgan fingerprint density at radius 3 is 1.02 bits per heavy atom. The fourth-order valence-corrected chi connectivity index (χ4v) is 6.45. The molecule has 13 nitrogen and oxygen atoms in total. The van der Waals surface area contributed by atoms with Crippen LogP contribution in [0.1, 0.15) is 116 Å². The van der Waals surface area contributed by atoms with Crippen LogP contribution in [0.2, 0.25) is 0 Å². The summed E-state index contributed by atoms with van der Waals surface area (Å²) < 4.78 is 147. The minimum absolute atomic E-state index is 0. The number of sulfonamides is 2. The van der Waals surface area contributed by atoms with Gasteiger partial charge < -0.3 is 19.0 Å². The predicted molar refractivity (Wildman–Crippen MR) is 192 cm³/mol. The van der Waals surface area contributed by atoms with E-state index in [1.165, 1.54) is 77.0 Å². The Hall–Kier alpha value is -3.42. The highest BCUT2D eigenvalue weighted by Crippen LogP contribution is 2.36. The molecule has 2 rings (SSSR count). The summed E-state index contributed by atoms with van der Waals surface area (Å²) in [4.78, 5) is 20.6. The van der Waals surface area contributed by atoms with Gasteiger partial charge in [0.1, 0.15) is 24.8 Å². The summed E-state index contributed by atoms with van der Waals surface area (Å²) in [5.41, 5.74) is -12.4. The number of rotatable bonds is 24. The van der Waals surface area contributed by atoms with E-state index in [0.29, 0.717) is 12.8 Å². The van der Waals surface area contributed by atoms with Gasteiger partial charge in [-0.3, -0.25) is 22.5 Å². The first-order valence-corrected chi connectivity index (χ1v) is 20.9. The van der Waals surface area contributed by atoms with E-state index >= 15 is 0 Å². The topological polar surface area (TPSA) is 175 Å². The van der Waals surface area contributed by atoms with Crippen LogP contribution in [0.25, 0.3) is 4.13 Å². The van der Waals surface area contributed by atoms with E-state index in [2.05, 4.69) is 55.7 Å². The zero-order valence-electron chi connectivity index (χ0n) is 32.4. The van der Waals surface area contributed by atoms with Crippen LogP contribution in [-0.4, -0.2) is 66.7 Å². The molecule has 0 unspecified atom stereocenters. The van der Waals surface area contributed by atoms with Crippen LogP contribution >= 0.6 is 0 Å². The molecule has 2 aromatic rings. The van der Waals surface area contributed by atoms with E-state index in [1.54, 1.807) is 0 Å². The summed E-state index contributed by atoms with van der Waals surface area (Å²) in [6, 6.07) is 0. The lowest BCUT2D eigenvalue weighted by Gasteiger charge is -2.22. The normalized spacial score (nSPS) is 11.5. The third-order valence-electron chi connectivity index (χ3n) is 7.54. The van der Waals surface area contributed by atoms with Gasteiger partial charge in [0, 0.05) is 12.8 Å². The molecule has 0 aliphatic heterocycles. The zero-order valence-corrected chi connectivity index (χ0v) is 34.0. The van der Waals surface area contributed by atoms with Gasteiger partial charge in [0.2, 0.25) is 12.7 Å². The summed E-state index contributed by atoms with van der Waals surface area (Å²) in [6.07, 6.45) is 32.1. The van der Waals surface area contributed by atoms with Gasteiger partial charge in [-0.15, -0.1) is 0 Å². The van der Waals surface area contributed by atoms with Crippen LogP contribution in [0.4, 0.5) is 39.3 Å². The van der Waals surface area contributed by atoms with Crippen molar-refractivity contribution in [2.75, 3.05) is 0 Å². The molecule has 2 aromatic heterocycles. The molecule has 340 valence electrons. The molecule has 0 radical (unpaired) electrons. The fourth-order valence-electron chi connectivity index (χ4n) is 4.74. The number of halogens is 10. The van der Waals surface area contributed by atoms with Crippen molar-refractivity contribution >= 4 is 39.5 Å². The molecular formula is C32H54BF10N5O8S2. The number of imidazole rings is 2. The number of hydrogen-bond donors (Lipinski definition) is 2. The molecule has 0 aromatic carbocycles. The first-order valence-electron chi connectivity index (χ1n) is 18.1. The van der Waals surface area contributed by atoms with Crippen molar-refractivity contribution in [2.45, 2.75) is 140 Å². The molecule has 0 atom stereocenters. The molecule has 0 aliphatic carbocycles. The van der Waals surface area contributed by atoms with Crippen molar-refractivity contribution in [2.24, 2.45) is 14.1 Å². The highest BCUT2D eigenvalue weighted by molar-refractivity contribution is 8.13. The van der Waals surface area contributed by atoms with Crippen molar-refractivity contribution in [3.63, 3.8) is 0 Å². The van der Waals surface area contributed by atoms with Gasteiger partial charge in [-0.1, -0.05) is 64.2 Å². The summed E-state index contributed by atoms with van der Waals surface area (Å²) in [5.74, 6) is -1.34. The van der Waals surface area contributed by atoms with Crippen LogP contribution in [0.15, 0.2) is 37.4 Å². The quantitative estimate of drug-likeness (QED) is 0.0657. The van der Waals surface area contributed by atoms with E-state index in [1.807, 2.05) is 14.1 Å². The van der Waals surface area contributed by atoms with Crippen molar-refractivity contribution in [3.05, 3.63) is 41.6 Å². The van der Waals surface area contributed by atoms with Crippen molar-refractivity contribution < 1.29 is 89.8 Å². The predicted octanol–water partition coefficient (Wildman–Crippen LogP) is 4.76. The maximum Gasteiger partial charge on any atom is 0.762 e. The summed E-state index contributed by atoms with van der Waals surface area (Å²) >= 11 is 0. The summed E-state index contributed by atoms with van der Waals surface area (Å²) in [6.45, 7) is 2.22. The second-order valence-corrected chi connectivity index (χ2v) is 16.2. The first kappa shape index (κ1) is 58.9. The number of aliphatic carboxylic acids is 2. The van der Waals surface area contributed by atoms with Crippen LogP contribution in [0.5, 0.6) is 0 Å². The zero-order chi connectivity index (χ0) is 44.1. The molecule has 26 heteroatoms. The molecule has 0 amide bonds. The maximum absolute atomic E-state index is 11.4. The van der Waals surface area contributed by atoms with Crippen LogP contribution in [-0.2, 0) is 56.8 Å². The van der Waals surface area contributed by atoms with E-state index in [4.69, 9.17) is 10.2 Å². The number of aryl methyl sites for hydroxylation is 4. The van der Waals surface area contributed by atoms with E-state index < -0.39 is 50.5 Å². The van der Waals surface area contributed by atoms with E-state index in [-0.39, 0.29) is 4.70 Å². The molecule has 0 saturated carbocycles. The Labute approximate surface area is 333 Å². The number of aromatic nitrogens is 4. The second kappa shape index (κ2) is 31.5. The van der Waals surface area contributed by atoms with Gasteiger partial charge in [0.25, 0.3) is 0 Å². The number of unbranched alkanes of at least 4 members (excludes halogenated alkanes) is 14. The molecule has 2 heterocycles. The molecule has 0 fully saturated rings. The highest BCUT2D eigenvalue weighted by Gasteiger charge is 2.47. The smallest absolute Gasteiger partial charge is 0.762 e. The lowest BCUT2D eigenvalue weighted by Crippen LogP contribution is -3.00. The third-order valence-corrected chi connectivity index (χ3v) is 10.3. The van der Waals surface area contributed by atoms with Gasteiger partial charge in [-0.05, 0) is 38.5 Å². The number of carboxylic acid groups (broad SMARTS) is 2. The molecule has 0 bridgehead atoms. The van der Waals surface area contributed by atoms with Crippen LogP contribution in [0, 0.1) is 0 Å². The van der Waals surface area contributed by atoms with Crippen LogP contribution in [0.3, 0.4) is 0 Å². The van der Waals surface area contributed by atoms with Gasteiger partial charge in [0.05, 0.1) is 27.2 Å². The number of nitrogens with zero attached hydrogens (tertiary/aromatic N) is 5. The molecule has 2 N–H and O–H groups in total. The van der Waals surface area contributed by atoms with Gasteiger partial charge in [-0.2, -0.15) is 26.3 Å². The molecule has 0 spiro atoms. The van der Waals surface area contributed by atoms with Crippen molar-refractivity contribution in [3.8, 4) is 0 Å². The fraction of sp³-hybridized carbons (Fsp3) is 0.750. The molecule has 0 saturated heterocycles. The largest absolute Gasteiger partial charge is 1.00 e. The number of alkyl halides is 6. The summed E-state index contributed by atoms with van der Waals surface area (Å²) in [7, 11) is -13.0. The number of carbonyl (C=O) groups is 2. The SMILES string of the molecule is C[n+]1ccn(CCCCCCCCCCC(=O)O)c1.C[n+]1ccn(CCCCCCCCCCC(=O)O)c1.FB(F)F.O=S(=O)([N-]S(=O)(=O)C(F)(F)F)C(F)(F)F.[F-]. The van der Waals surface area contributed by atoms with Gasteiger partial charge >= 0.3 is 30.5 Å². The minimum Gasteiger partial charge on any atom is -1.00 e. The maximum atomic E-state index is 11.4. The lowest BCUT2D eigenvalue weighted by atomic mass is 10.1. The van der Waals surface area contributed by atoms with Gasteiger partial charge in [0.15, 0.2) is 20.0 Å². The Balaban J connectivity index is -0.000000746. The average molecular weight is 902 g/mol. The monoisotopic (exact) mass is 901 g/mol. The van der Waals surface area contributed by atoms with E-state index in [0.717, 1.165) is 42.9 Å².